The van der Waals surface area contributed by atoms with Gasteiger partial charge in [0.05, 0.1) is 10.6 Å². The second-order valence-corrected chi connectivity index (χ2v) is 17.2. The number of anilines is 1. The first-order valence-electron chi connectivity index (χ1n) is 11.7. The minimum atomic E-state index is -4.25. The largest absolute Gasteiger partial charge is 0.465 e. The van der Waals surface area contributed by atoms with Crippen LogP contribution < -0.4 is 4.90 Å². The van der Waals surface area contributed by atoms with Gasteiger partial charge in [0.15, 0.2) is 13.8 Å². The summed E-state index contributed by atoms with van der Waals surface area (Å²) in [6.07, 6.45) is 4.18. The summed E-state index contributed by atoms with van der Waals surface area (Å²) in [7, 11) is -6.81. The van der Waals surface area contributed by atoms with Gasteiger partial charge in [0.25, 0.3) is 0 Å². The SMILES string of the molecule is Cc1ccc(S(=O)(=O)C2(O[Si](C)(C)C)c3cc(C4CCCCC4)ccc3N(C(=O)O)C2Cl)cc1. The highest BCUT2D eigenvalue weighted by molar-refractivity contribution is 7.92. The van der Waals surface area contributed by atoms with Crippen molar-refractivity contribution in [3.05, 3.63) is 59.2 Å². The Kier molecular flexibility index (Phi) is 6.65. The second-order valence-electron chi connectivity index (χ2n) is 10.3. The Morgan fingerprint density at radius 3 is 2.26 bits per heavy atom. The number of sulfone groups is 1. The highest BCUT2D eigenvalue weighted by atomic mass is 35.5. The van der Waals surface area contributed by atoms with Crippen LogP contribution in [0.2, 0.25) is 19.6 Å². The molecule has 1 saturated carbocycles. The molecule has 0 spiro atoms. The van der Waals surface area contributed by atoms with Crippen LogP contribution in [-0.4, -0.2) is 33.4 Å². The third-order valence-electron chi connectivity index (χ3n) is 6.67. The van der Waals surface area contributed by atoms with Crippen molar-refractivity contribution >= 4 is 41.5 Å². The number of carboxylic acid groups (broad SMARTS) is 1. The van der Waals surface area contributed by atoms with E-state index in [1.54, 1.807) is 18.2 Å². The van der Waals surface area contributed by atoms with Crippen LogP contribution in [0.15, 0.2) is 47.4 Å². The highest BCUT2D eigenvalue weighted by Gasteiger charge is 2.64. The monoisotopic (exact) mass is 521 g/mol. The lowest BCUT2D eigenvalue weighted by molar-refractivity contribution is 0.143. The van der Waals surface area contributed by atoms with Gasteiger partial charge in [0, 0.05) is 5.56 Å². The topological polar surface area (TPSA) is 83.9 Å². The third kappa shape index (κ3) is 4.19. The molecule has 2 aliphatic rings. The van der Waals surface area contributed by atoms with Gasteiger partial charge in [-0.05, 0) is 75.2 Å². The number of benzene rings is 2. The van der Waals surface area contributed by atoms with E-state index < -0.39 is 34.7 Å². The molecule has 0 radical (unpaired) electrons. The van der Waals surface area contributed by atoms with E-state index in [1.807, 2.05) is 38.7 Å². The fourth-order valence-electron chi connectivity index (χ4n) is 5.13. The number of nitrogens with zero attached hydrogens (tertiary/aromatic N) is 1. The third-order valence-corrected chi connectivity index (χ3v) is 10.6. The van der Waals surface area contributed by atoms with Crippen molar-refractivity contribution in [2.45, 2.75) is 79.9 Å². The zero-order valence-corrected chi connectivity index (χ0v) is 22.6. The van der Waals surface area contributed by atoms with Crippen LogP contribution in [-0.2, 0) is 19.2 Å². The summed E-state index contributed by atoms with van der Waals surface area (Å²) in [5.41, 5.74) is 1.04. The molecular formula is C25H32ClNO5SSi. The van der Waals surface area contributed by atoms with Gasteiger partial charge in [-0.3, -0.25) is 4.90 Å². The number of amides is 1. The average molecular weight is 522 g/mol. The van der Waals surface area contributed by atoms with Gasteiger partial charge in [0.2, 0.25) is 14.8 Å². The van der Waals surface area contributed by atoms with E-state index in [0.717, 1.165) is 41.7 Å². The standard InChI is InChI=1S/C25H32ClNO5SSi/c1-17-10-13-20(14-11-17)33(30,31)25(32-34(2,3)4)21-16-19(18-8-6-5-7-9-18)12-15-22(21)27(23(25)26)24(28)29/h10-16,18,23H,5-9H2,1-4H3,(H,28,29). The lowest BCUT2D eigenvalue weighted by Crippen LogP contribution is -2.54. The summed E-state index contributed by atoms with van der Waals surface area (Å²) in [5.74, 6) is 0.304. The Morgan fingerprint density at radius 2 is 1.71 bits per heavy atom. The number of aryl methyl sites for hydroxylation is 1. The van der Waals surface area contributed by atoms with Crippen LogP contribution in [0, 0.1) is 6.92 Å². The Labute approximate surface area is 207 Å². The average Bonchev–Trinajstić information content (AvgIpc) is 3.02. The van der Waals surface area contributed by atoms with E-state index in [4.69, 9.17) is 16.0 Å². The number of hydrogen-bond donors (Lipinski definition) is 1. The van der Waals surface area contributed by atoms with Gasteiger partial charge in [-0.15, -0.1) is 0 Å². The number of fused-ring (bicyclic) bond motifs is 1. The Morgan fingerprint density at radius 1 is 1.09 bits per heavy atom. The minimum Gasteiger partial charge on any atom is -0.465 e. The van der Waals surface area contributed by atoms with E-state index in [-0.39, 0.29) is 10.6 Å². The molecule has 1 N–H and O–H groups in total. The zero-order chi connectivity index (χ0) is 24.9. The van der Waals surface area contributed by atoms with Crippen molar-refractivity contribution in [1.29, 1.82) is 0 Å². The molecule has 2 atom stereocenters. The van der Waals surface area contributed by atoms with Crippen molar-refractivity contribution in [2.24, 2.45) is 0 Å². The molecule has 4 rings (SSSR count). The Bertz CT molecular complexity index is 1190. The quantitative estimate of drug-likeness (QED) is 0.273. The molecular weight excluding hydrogens is 490 g/mol. The molecule has 2 unspecified atom stereocenters. The van der Waals surface area contributed by atoms with E-state index in [9.17, 15) is 18.3 Å². The fourth-order valence-corrected chi connectivity index (χ4v) is 9.89. The van der Waals surface area contributed by atoms with Crippen LogP contribution in [0.25, 0.3) is 0 Å². The number of halogens is 1. The lowest BCUT2D eigenvalue weighted by Gasteiger charge is -2.38. The van der Waals surface area contributed by atoms with Crippen molar-refractivity contribution in [1.82, 2.24) is 0 Å². The second kappa shape index (κ2) is 8.97. The first kappa shape index (κ1) is 25.2. The molecule has 2 aromatic rings. The molecule has 9 heteroatoms. The van der Waals surface area contributed by atoms with Crippen molar-refractivity contribution in [3.8, 4) is 0 Å². The van der Waals surface area contributed by atoms with Crippen LogP contribution in [0.5, 0.6) is 0 Å². The number of rotatable bonds is 5. The number of hydrogen-bond acceptors (Lipinski definition) is 4. The molecule has 0 saturated heterocycles. The van der Waals surface area contributed by atoms with Gasteiger partial charge in [-0.1, -0.05) is 54.6 Å². The number of alkyl halides is 1. The Balaban J connectivity index is 2.01. The summed E-state index contributed by atoms with van der Waals surface area (Å²) < 4.78 is 35.2. The highest BCUT2D eigenvalue weighted by Crippen LogP contribution is 2.55. The van der Waals surface area contributed by atoms with E-state index >= 15 is 0 Å². The number of carbonyl (C=O) groups is 1. The van der Waals surface area contributed by atoms with Gasteiger partial charge in [-0.2, -0.15) is 0 Å². The lowest BCUT2D eigenvalue weighted by atomic mass is 9.83. The van der Waals surface area contributed by atoms with Gasteiger partial charge in [-0.25, -0.2) is 13.2 Å². The fraction of sp³-hybridized carbons (Fsp3) is 0.480. The molecule has 0 aromatic heterocycles. The first-order chi connectivity index (χ1) is 15.9. The summed E-state index contributed by atoms with van der Waals surface area (Å²) in [6, 6.07) is 12.0. The molecule has 1 aliphatic carbocycles. The van der Waals surface area contributed by atoms with Gasteiger partial charge in [0.1, 0.15) is 0 Å². The van der Waals surface area contributed by atoms with Crippen LogP contribution in [0.1, 0.15) is 54.7 Å². The normalized spacial score (nSPS) is 23.7. The summed E-state index contributed by atoms with van der Waals surface area (Å²) >= 11 is 6.83. The summed E-state index contributed by atoms with van der Waals surface area (Å²) in [6.45, 7) is 7.54. The van der Waals surface area contributed by atoms with Gasteiger partial charge < -0.3 is 9.53 Å². The zero-order valence-electron chi connectivity index (χ0n) is 20.0. The van der Waals surface area contributed by atoms with Crippen molar-refractivity contribution in [2.75, 3.05) is 4.90 Å². The van der Waals surface area contributed by atoms with Crippen LogP contribution in [0.3, 0.4) is 0 Å². The minimum absolute atomic E-state index is 0.0586. The maximum Gasteiger partial charge on any atom is 0.413 e. The molecule has 34 heavy (non-hydrogen) atoms. The predicted molar refractivity (Wildman–Crippen MR) is 137 cm³/mol. The maximum atomic E-state index is 14.4. The molecule has 6 nitrogen and oxygen atoms in total. The smallest absolute Gasteiger partial charge is 0.413 e. The molecule has 184 valence electrons. The maximum absolute atomic E-state index is 14.4. The van der Waals surface area contributed by atoms with E-state index in [2.05, 4.69) is 0 Å². The van der Waals surface area contributed by atoms with Crippen LogP contribution in [0.4, 0.5) is 10.5 Å². The molecule has 1 fully saturated rings. The molecule has 1 amide bonds. The van der Waals surface area contributed by atoms with Crippen LogP contribution >= 0.6 is 11.6 Å². The predicted octanol–water partition coefficient (Wildman–Crippen LogP) is 6.58. The van der Waals surface area contributed by atoms with Crippen molar-refractivity contribution in [3.63, 3.8) is 0 Å². The molecule has 1 heterocycles. The van der Waals surface area contributed by atoms with E-state index in [1.165, 1.54) is 18.6 Å². The van der Waals surface area contributed by atoms with Crippen molar-refractivity contribution < 1.29 is 22.7 Å². The summed E-state index contributed by atoms with van der Waals surface area (Å²) in [4.78, 5) is 11.3. The van der Waals surface area contributed by atoms with E-state index in [0.29, 0.717) is 11.5 Å². The molecule has 0 bridgehead atoms. The molecule has 2 aromatic carbocycles. The Hall–Kier alpha value is -1.87. The van der Waals surface area contributed by atoms with Gasteiger partial charge >= 0.3 is 6.09 Å². The molecule has 1 aliphatic heterocycles. The summed E-state index contributed by atoms with van der Waals surface area (Å²) in [5, 5.41) is 10.1. The first-order valence-corrected chi connectivity index (χ1v) is 17.0.